The first-order chi connectivity index (χ1) is 18.0. The zero-order valence-corrected chi connectivity index (χ0v) is 21.2. The van der Waals surface area contributed by atoms with Crippen molar-refractivity contribution in [2.24, 2.45) is 0 Å². The van der Waals surface area contributed by atoms with Gasteiger partial charge in [0.1, 0.15) is 5.82 Å². The molecule has 1 saturated heterocycles. The monoisotopic (exact) mass is 513 g/mol. The molecule has 188 valence electrons. The second kappa shape index (κ2) is 10.8. The van der Waals surface area contributed by atoms with E-state index in [1.165, 1.54) is 0 Å². The average molecular weight is 514 g/mol. The molecule has 0 bridgehead atoms. The highest BCUT2D eigenvalue weighted by atomic mass is 32.1. The minimum Gasteiger partial charge on any atom is -0.383 e. The number of benzene rings is 2. The maximum atomic E-state index is 12.5. The highest BCUT2D eigenvalue weighted by molar-refractivity contribution is 7.18. The van der Waals surface area contributed by atoms with Gasteiger partial charge in [-0.25, -0.2) is 9.78 Å². The van der Waals surface area contributed by atoms with Crippen LogP contribution in [0.1, 0.15) is 11.1 Å². The van der Waals surface area contributed by atoms with Crippen LogP contribution in [0.4, 0.5) is 22.0 Å². The van der Waals surface area contributed by atoms with Gasteiger partial charge in [0.2, 0.25) is 5.91 Å². The van der Waals surface area contributed by atoms with Crippen LogP contribution >= 0.6 is 11.3 Å². The molecule has 0 saturated carbocycles. The maximum Gasteiger partial charge on any atom is 0.323 e. The Morgan fingerprint density at radius 3 is 2.59 bits per heavy atom. The molecule has 0 spiro atoms. The first-order valence-electron chi connectivity index (χ1n) is 11.9. The fourth-order valence-corrected chi connectivity index (χ4v) is 5.30. The zero-order chi connectivity index (χ0) is 25.8. The molecule has 0 aliphatic carbocycles. The number of carbonyl (C=O) groups excluding carboxylic acids is 2. The van der Waals surface area contributed by atoms with Crippen molar-refractivity contribution in [1.29, 1.82) is 0 Å². The van der Waals surface area contributed by atoms with Crippen LogP contribution in [0.2, 0.25) is 0 Å². The van der Waals surface area contributed by atoms with Crippen LogP contribution in [-0.2, 0) is 9.53 Å². The molecule has 0 atom stereocenters. The topological polar surface area (TPSA) is 110 Å². The van der Waals surface area contributed by atoms with Crippen LogP contribution in [-0.4, -0.2) is 48.1 Å². The Hall–Kier alpha value is -4.21. The summed E-state index contributed by atoms with van der Waals surface area (Å²) in [5, 5.41) is 8.59. The number of hydrogen-bond donors (Lipinski definition) is 3. The molecular formula is C28H27N5O3S. The highest BCUT2D eigenvalue weighted by Gasteiger charge is 2.16. The molecule has 8 nitrogen and oxygen atoms in total. The van der Waals surface area contributed by atoms with Crippen LogP contribution in [0.25, 0.3) is 27.3 Å². The lowest BCUT2D eigenvalue weighted by molar-refractivity contribution is -0.129. The van der Waals surface area contributed by atoms with Gasteiger partial charge in [-0.1, -0.05) is 24.3 Å². The van der Waals surface area contributed by atoms with E-state index in [1.807, 2.05) is 60.8 Å². The molecule has 1 aliphatic heterocycles. The summed E-state index contributed by atoms with van der Waals surface area (Å²) in [5.74, 6) is 0.391. The third-order valence-corrected chi connectivity index (χ3v) is 7.14. The first-order valence-corrected chi connectivity index (χ1v) is 12.8. The number of thiophene rings is 1. The number of amides is 3. The van der Waals surface area contributed by atoms with Gasteiger partial charge in [-0.05, 0) is 53.8 Å². The number of nitrogens with one attached hydrogen (secondary N) is 2. The Balaban J connectivity index is 1.32. The van der Waals surface area contributed by atoms with Gasteiger partial charge in [0.25, 0.3) is 0 Å². The smallest absolute Gasteiger partial charge is 0.323 e. The number of hydrogen-bond acceptors (Lipinski definition) is 6. The molecule has 4 N–H and O–H groups in total. The molecule has 1 aliphatic rings. The van der Waals surface area contributed by atoms with Crippen molar-refractivity contribution >= 4 is 56.6 Å². The summed E-state index contributed by atoms with van der Waals surface area (Å²) in [6.45, 7) is 4.29. The normalized spacial score (nSPS) is 13.7. The Kier molecular flexibility index (Phi) is 7.16. The van der Waals surface area contributed by atoms with Crippen LogP contribution in [0.15, 0.2) is 66.2 Å². The summed E-state index contributed by atoms with van der Waals surface area (Å²) in [6.07, 6.45) is 5.08. The van der Waals surface area contributed by atoms with Gasteiger partial charge >= 0.3 is 6.03 Å². The average Bonchev–Trinajstić information content (AvgIpc) is 3.35. The Morgan fingerprint density at radius 1 is 1.08 bits per heavy atom. The standard InChI is InChI=1S/C28H27N5O3S/c1-18-3-2-4-22(15-18)32-28(35)31-21-8-5-19(6-9-21)23-17-37-26-20(16-30-27(29)25(23)26)7-10-24(34)33-11-13-36-14-12-33/h2-10,15-17H,11-14H2,1H3,(H2,29,30)(H2,31,32,35). The molecule has 3 heterocycles. The Morgan fingerprint density at radius 2 is 1.84 bits per heavy atom. The lowest BCUT2D eigenvalue weighted by Crippen LogP contribution is -2.39. The SMILES string of the molecule is Cc1cccc(NC(=O)Nc2ccc(-c3csc4c(C=CC(=O)N5CCOCC5)cnc(N)c34)cc2)c1. The van der Waals surface area contributed by atoms with Crippen molar-refractivity contribution in [3.63, 3.8) is 0 Å². The van der Waals surface area contributed by atoms with Crippen molar-refractivity contribution in [1.82, 2.24) is 9.88 Å². The number of aromatic nitrogens is 1. The third kappa shape index (κ3) is 5.63. The van der Waals surface area contributed by atoms with Crippen LogP contribution in [0.5, 0.6) is 0 Å². The minimum atomic E-state index is -0.309. The van der Waals surface area contributed by atoms with Gasteiger partial charge in [0, 0.05) is 58.0 Å². The maximum absolute atomic E-state index is 12.5. The molecule has 2 aromatic carbocycles. The zero-order valence-electron chi connectivity index (χ0n) is 20.4. The van der Waals surface area contributed by atoms with Gasteiger partial charge in [-0.3, -0.25) is 4.79 Å². The van der Waals surface area contributed by atoms with Crippen molar-refractivity contribution < 1.29 is 14.3 Å². The number of fused-ring (bicyclic) bond motifs is 1. The number of urea groups is 1. The fraction of sp³-hybridized carbons (Fsp3) is 0.179. The molecule has 1 fully saturated rings. The second-order valence-electron chi connectivity index (χ2n) is 8.75. The van der Waals surface area contributed by atoms with Gasteiger partial charge in [-0.2, -0.15) is 0 Å². The number of carbonyl (C=O) groups is 2. The molecule has 3 amide bonds. The number of nitrogens with zero attached hydrogens (tertiary/aromatic N) is 2. The summed E-state index contributed by atoms with van der Waals surface area (Å²) < 4.78 is 6.28. The quantitative estimate of drug-likeness (QED) is 0.311. The molecule has 0 radical (unpaired) electrons. The molecule has 2 aromatic heterocycles. The number of aryl methyl sites for hydroxylation is 1. The minimum absolute atomic E-state index is 0.0421. The summed E-state index contributed by atoms with van der Waals surface area (Å²) in [7, 11) is 0. The third-order valence-electron chi connectivity index (χ3n) is 6.11. The van der Waals surface area contributed by atoms with Crippen LogP contribution in [0.3, 0.4) is 0 Å². The van der Waals surface area contributed by atoms with Crippen molar-refractivity contribution in [3.8, 4) is 11.1 Å². The Bertz CT molecular complexity index is 1470. The molecule has 5 rings (SSSR count). The van der Waals surface area contributed by atoms with Gasteiger partial charge in [0.05, 0.1) is 13.2 Å². The summed E-state index contributed by atoms with van der Waals surface area (Å²) in [4.78, 5) is 31.1. The van der Waals surface area contributed by atoms with Crippen molar-refractivity contribution in [3.05, 3.63) is 77.3 Å². The van der Waals surface area contributed by atoms with Crippen LogP contribution in [0, 0.1) is 6.92 Å². The number of nitrogen functional groups attached to an aromatic ring is 1. The molecule has 0 unspecified atom stereocenters. The summed E-state index contributed by atoms with van der Waals surface area (Å²) in [6, 6.07) is 14.9. The van der Waals surface area contributed by atoms with Gasteiger partial charge in [-0.15, -0.1) is 11.3 Å². The number of rotatable bonds is 5. The van der Waals surface area contributed by atoms with E-state index >= 15 is 0 Å². The lowest BCUT2D eigenvalue weighted by atomic mass is 10.0. The second-order valence-corrected chi connectivity index (χ2v) is 9.63. The van der Waals surface area contributed by atoms with Crippen molar-refractivity contribution in [2.45, 2.75) is 6.92 Å². The van der Waals surface area contributed by atoms with Crippen LogP contribution < -0.4 is 16.4 Å². The predicted octanol–water partition coefficient (Wildman–Crippen LogP) is 5.37. The van der Waals surface area contributed by atoms with E-state index in [-0.39, 0.29) is 11.9 Å². The summed E-state index contributed by atoms with van der Waals surface area (Å²) in [5.41, 5.74) is 11.5. The van der Waals surface area contributed by atoms with Gasteiger partial charge < -0.3 is 26.0 Å². The molecule has 9 heteroatoms. The largest absolute Gasteiger partial charge is 0.383 e. The van der Waals surface area contributed by atoms with Gasteiger partial charge in [0.15, 0.2) is 0 Å². The van der Waals surface area contributed by atoms with E-state index in [1.54, 1.807) is 34.6 Å². The van der Waals surface area contributed by atoms with E-state index in [4.69, 9.17) is 10.5 Å². The predicted molar refractivity (Wildman–Crippen MR) is 150 cm³/mol. The van der Waals surface area contributed by atoms with E-state index in [0.717, 1.165) is 38.0 Å². The number of anilines is 3. The van der Waals surface area contributed by atoms with E-state index < -0.39 is 0 Å². The van der Waals surface area contributed by atoms with E-state index in [2.05, 4.69) is 15.6 Å². The molecule has 4 aromatic rings. The number of pyridine rings is 1. The number of morpholine rings is 1. The van der Waals surface area contributed by atoms with Crippen molar-refractivity contribution in [2.75, 3.05) is 42.7 Å². The summed E-state index contributed by atoms with van der Waals surface area (Å²) >= 11 is 1.56. The van der Waals surface area contributed by atoms with E-state index in [9.17, 15) is 9.59 Å². The van der Waals surface area contributed by atoms with E-state index in [0.29, 0.717) is 37.8 Å². The Labute approximate surface area is 218 Å². The highest BCUT2D eigenvalue weighted by Crippen LogP contribution is 2.39. The lowest BCUT2D eigenvalue weighted by Gasteiger charge is -2.25. The number of nitrogens with two attached hydrogens (primary N) is 1. The first kappa shape index (κ1) is 24.5. The number of ether oxygens (including phenoxy) is 1. The fourth-order valence-electron chi connectivity index (χ4n) is 4.22. The molecule has 37 heavy (non-hydrogen) atoms. The molecular weight excluding hydrogens is 486 g/mol.